The van der Waals surface area contributed by atoms with Gasteiger partial charge in [-0.2, -0.15) is 0 Å². The van der Waals surface area contributed by atoms with Crippen LogP contribution in [0, 0.1) is 14.9 Å². The summed E-state index contributed by atoms with van der Waals surface area (Å²) in [5, 5.41) is 71.8. The summed E-state index contributed by atoms with van der Waals surface area (Å²) in [6, 6.07) is 10.4. The van der Waals surface area contributed by atoms with E-state index in [9.17, 15) is 39.0 Å². The largest absolute Gasteiger partial charge is 2.00 e. The molecule has 31 nitrogen and oxygen atoms in total. The number of nitrogens with two attached hydrogens (primary N) is 5. The molecule has 2 aromatic carbocycles. The first-order valence-electron chi connectivity index (χ1n) is 41.8. The van der Waals surface area contributed by atoms with Gasteiger partial charge >= 0.3 is 17.1 Å². The number of fused-ring (bicyclic) bond motifs is 1. The predicted octanol–water partition coefficient (Wildman–Crippen LogP) is 2.67. The predicted molar refractivity (Wildman–Crippen MR) is 475 cm³/mol. The number of rotatable bonds is 69. The summed E-state index contributed by atoms with van der Waals surface area (Å²) in [5.74, 6) is -1.30. The first-order valence-corrected chi connectivity index (χ1v) is 41.8. The van der Waals surface area contributed by atoms with Gasteiger partial charge in [0.15, 0.2) is 0 Å². The molecule has 666 valence electrons. The summed E-state index contributed by atoms with van der Waals surface area (Å²) < 4.78 is 0. The topological polar surface area (TPSA) is 516 Å². The summed E-state index contributed by atoms with van der Waals surface area (Å²) in [6.07, 6.45) is 37.4. The van der Waals surface area contributed by atoms with E-state index in [0.717, 1.165) is 269 Å². The van der Waals surface area contributed by atoms with Crippen LogP contribution in [0.3, 0.4) is 0 Å². The molecule has 0 fully saturated rings. The van der Waals surface area contributed by atoms with Crippen molar-refractivity contribution in [3.8, 4) is 11.5 Å². The molecule has 2 atom stereocenters. The molecule has 2 aliphatic rings. The average Bonchev–Trinajstić information content (AvgIpc) is 1.68. The van der Waals surface area contributed by atoms with E-state index in [0.29, 0.717) is 50.9 Å². The van der Waals surface area contributed by atoms with E-state index in [4.69, 9.17) is 28.7 Å². The maximum Gasteiger partial charge on any atom is 2.00 e. The summed E-state index contributed by atoms with van der Waals surface area (Å²) in [5.41, 5.74) is 30.9. The Bertz CT molecular complexity index is 2960. The molecule has 2 unspecified atom stereocenters. The number of phenolic OH excluding ortho intramolecular Hbond substituents is 2. The number of benzene rings is 2. The van der Waals surface area contributed by atoms with Crippen molar-refractivity contribution in [2.24, 2.45) is 28.7 Å². The number of aromatic hydroxyl groups is 2. The van der Waals surface area contributed by atoms with Gasteiger partial charge in [-0.25, -0.2) is 0 Å². The van der Waals surface area contributed by atoms with Gasteiger partial charge in [0.05, 0.1) is 18.9 Å². The van der Waals surface area contributed by atoms with Crippen molar-refractivity contribution in [1.29, 1.82) is 0 Å². The summed E-state index contributed by atoms with van der Waals surface area (Å²) in [6.45, 7) is 24.8. The van der Waals surface area contributed by atoms with Gasteiger partial charge in [-0.1, -0.05) is 73.2 Å². The van der Waals surface area contributed by atoms with Gasteiger partial charge < -0.3 is 149 Å². The molecule has 0 bridgehead atoms. The first kappa shape index (κ1) is 114. The number of unbranched alkanes of at least 4 members (excludes halogenated alkanes) is 4. The Morgan fingerprint density at radius 1 is 0.457 bits per heavy atom. The molecule has 2 aliphatic carbocycles. The Morgan fingerprint density at radius 3 is 1.33 bits per heavy atom. The molecule has 0 spiro atoms. The number of para-hydroxylation sites is 1. The van der Waals surface area contributed by atoms with Gasteiger partial charge in [-0.05, 0) is 297 Å². The summed E-state index contributed by atoms with van der Waals surface area (Å²) >= 11 is 0. The zero-order valence-electron chi connectivity index (χ0n) is 70.8. The number of hydrogen-bond donors (Lipinski definition) is 25. The number of aromatic nitrogens is 1. The Kier molecular flexibility index (Phi) is 81.7. The van der Waals surface area contributed by atoms with Crippen LogP contribution in [0.2, 0.25) is 0 Å². The quantitative estimate of drug-likeness (QED) is 0.0127. The molecule has 116 heavy (non-hydrogen) atoms. The van der Waals surface area contributed by atoms with E-state index < -0.39 is 30.2 Å². The van der Waals surface area contributed by atoms with Crippen LogP contribution in [0.1, 0.15) is 152 Å². The van der Waals surface area contributed by atoms with Crippen LogP contribution in [0.4, 0.5) is 0 Å². The second kappa shape index (κ2) is 83.5. The summed E-state index contributed by atoms with van der Waals surface area (Å²) in [4.78, 5) is 74.9. The fraction of sp³-hybridized carbons (Fsp3) is 0.643. The molecule has 1 aromatic heterocycles. The SMILES string of the molecule is C1=CCC=C1.N.NC(N)NCCCC(N)C(=O)NCCCNCCCNCCCCCNC(=O)C(CC=O)NC(=O)Cc1ccc(O)cc1O.NCCCNCCCCNCCCNCCCNCCCNC(=O)C1=CC=CC1.NCCCNCCCCNCCCNCCCNCCCNC(=O)Cc1c[nH]c2ccccc12.[CH3-].[CH3-].[Fe+2]. The zero-order chi connectivity index (χ0) is 81.1. The Morgan fingerprint density at radius 2 is 0.879 bits per heavy atom. The second-order valence-electron chi connectivity index (χ2n) is 28.0. The van der Waals surface area contributed by atoms with Crippen LogP contribution in [0.15, 0.2) is 96.8 Å². The number of amides is 5. The number of nitrogens with one attached hydrogen (secondary N) is 17. The van der Waals surface area contributed by atoms with Crippen LogP contribution in [0.25, 0.3) is 10.9 Å². The van der Waals surface area contributed by atoms with Crippen LogP contribution < -0.4 is 120 Å². The van der Waals surface area contributed by atoms with Gasteiger partial charge in [-0.15, -0.1) is 0 Å². The number of phenols is 2. The normalized spacial score (nSPS) is 12.1. The van der Waals surface area contributed by atoms with E-state index in [1.807, 2.05) is 42.6 Å². The second-order valence-corrected chi connectivity index (χ2v) is 28.0. The standard InChI is InChI=1S/C29H53N9O6.C26H47N7O.C22H44N6O.C5H6.2CH3.Fe.H3N/c30-23(7-4-16-37-29(31)32)27(43)35-17-6-14-34-13-5-12-33-11-2-1-3-15-36-28(44)24(10-18-39)38-26(42)19-21-8-9-22(40)20-25(21)41;27-11-5-14-28-12-3-4-13-29-15-6-16-30-17-7-18-31-19-8-20-32-26(34)21-23-22-33-25-10-2-1-9-24(23)25;23-11-5-14-24-12-3-4-13-25-15-6-16-26-17-7-18-27-19-8-20-28-22(29)21-9-1-2-10-21;1-2-4-5-3-1;;;;/h8-9,18,20,23-24,29,33-34,37,40-41H,1-7,10-17,19,30-32H2,(H,35,43)(H,36,44)(H,38,42);1-2,9-10,22,28-31,33H,3-8,11-21,27H2,(H,32,34);1-2,9,24-27H,3-8,10-20,23H2,(H,28,29);1-4H,5H2;2*1H3;;1H3/q;;;;2*-1;+2;. The number of hydrogen-bond acceptors (Lipinski definition) is 25. The molecule has 3 aromatic rings. The third-order valence-electron chi connectivity index (χ3n) is 17.9. The van der Waals surface area contributed by atoms with Crippen molar-refractivity contribution < 1.29 is 56.0 Å². The average molecular weight is 1680 g/mol. The number of aromatic amines is 1. The van der Waals surface area contributed by atoms with Crippen molar-refractivity contribution in [3.05, 3.63) is 123 Å². The maximum atomic E-state index is 12.5. The van der Waals surface area contributed by atoms with Gasteiger partial charge in [0.2, 0.25) is 29.5 Å². The number of aldehydes is 1. The van der Waals surface area contributed by atoms with Crippen LogP contribution >= 0.6 is 0 Å². The molecule has 1 heterocycles. The minimum absolute atomic E-state index is 0. The number of allylic oxidation sites excluding steroid dienone is 7. The first-order chi connectivity index (χ1) is 54.8. The fourth-order valence-electron chi connectivity index (χ4n) is 11.5. The molecule has 0 saturated carbocycles. The van der Waals surface area contributed by atoms with Gasteiger partial charge in [-0.3, -0.25) is 29.3 Å². The molecular formula is C84H159FeN23O8. The van der Waals surface area contributed by atoms with Crippen LogP contribution in [0.5, 0.6) is 11.5 Å². The maximum absolute atomic E-state index is 12.5. The molecule has 0 saturated heterocycles. The van der Waals surface area contributed by atoms with Crippen LogP contribution in [-0.2, 0) is 58.7 Å². The molecule has 32 N–H and O–H groups in total. The third-order valence-corrected chi connectivity index (χ3v) is 17.9. The van der Waals surface area contributed by atoms with Crippen molar-refractivity contribution in [2.75, 3.05) is 177 Å². The molecule has 0 aliphatic heterocycles. The molecule has 32 heteroatoms. The van der Waals surface area contributed by atoms with E-state index in [-0.39, 0.29) is 80.1 Å². The summed E-state index contributed by atoms with van der Waals surface area (Å²) in [7, 11) is 0. The van der Waals surface area contributed by atoms with E-state index >= 15 is 0 Å². The van der Waals surface area contributed by atoms with Gasteiger partial charge in [0, 0.05) is 66.9 Å². The van der Waals surface area contributed by atoms with E-state index in [2.05, 4.69) is 120 Å². The third kappa shape index (κ3) is 67.3. The number of carbonyl (C=O) groups excluding carboxylic acids is 6. The Hall–Kier alpha value is -6.60. The van der Waals surface area contributed by atoms with Crippen molar-refractivity contribution in [3.63, 3.8) is 0 Å². The Balaban J connectivity index is -0.00000160. The van der Waals surface area contributed by atoms with Gasteiger partial charge in [0.1, 0.15) is 30.1 Å². The van der Waals surface area contributed by atoms with Crippen LogP contribution in [-0.4, -0.2) is 246 Å². The smallest absolute Gasteiger partial charge is 0.508 e. The molecular weight excluding hydrogens is 1510 g/mol. The monoisotopic (exact) mass is 1670 g/mol. The van der Waals surface area contributed by atoms with E-state index in [1.165, 1.54) is 50.7 Å². The van der Waals surface area contributed by atoms with Crippen molar-refractivity contribution in [1.82, 2.24) is 96.2 Å². The van der Waals surface area contributed by atoms with E-state index in [1.54, 1.807) is 0 Å². The Labute approximate surface area is 707 Å². The zero-order valence-corrected chi connectivity index (χ0v) is 71.9. The number of H-pyrrole nitrogens is 1. The fourth-order valence-corrected chi connectivity index (χ4v) is 11.5. The molecule has 0 radical (unpaired) electrons. The minimum atomic E-state index is -0.994. The minimum Gasteiger partial charge on any atom is -0.508 e. The molecule has 5 rings (SSSR count). The number of carbonyl (C=O) groups is 6. The van der Waals surface area contributed by atoms with Crippen molar-refractivity contribution in [2.45, 2.75) is 172 Å². The molecule has 5 amide bonds. The van der Waals surface area contributed by atoms with Gasteiger partial charge in [0.25, 0.3) is 0 Å². The van der Waals surface area contributed by atoms with Crippen molar-refractivity contribution >= 4 is 46.7 Å².